The number of rotatable bonds is 1. The fourth-order valence-electron chi connectivity index (χ4n) is 1.13. The second-order valence-electron chi connectivity index (χ2n) is 2.39. The van der Waals surface area contributed by atoms with Crippen LogP contribution in [-0.2, 0) is 5.33 Å². The maximum absolute atomic E-state index is 5.34. The largest absolute Gasteiger partial charge is 0.454 e. The van der Waals surface area contributed by atoms with Gasteiger partial charge in [-0.25, -0.2) is 0 Å². The molecule has 0 fully saturated rings. The molecule has 64 valence electrons. The number of benzene rings is 1. The molecule has 0 radical (unpaired) electrons. The molecule has 0 saturated heterocycles. The fraction of sp³-hybridized carbons (Fsp3) is 0.250. The molecule has 0 atom stereocenters. The summed E-state index contributed by atoms with van der Waals surface area (Å²) in [6.45, 7) is 0.343. The fourth-order valence-corrected chi connectivity index (χ4v) is 2.83. The third-order valence-electron chi connectivity index (χ3n) is 1.72. The van der Waals surface area contributed by atoms with Gasteiger partial charge in [-0.05, 0) is 34.7 Å². The lowest BCUT2D eigenvalue weighted by Gasteiger charge is -2.03. The van der Waals surface area contributed by atoms with Crippen molar-refractivity contribution in [2.75, 3.05) is 6.79 Å². The molecule has 4 heteroatoms. The molecule has 0 aromatic heterocycles. The summed E-state index contributed by atoms with van der Waals surface area (Å²) in [6, 6.07) is 3.97. The van der Waals surface area contributed by atoms with Crippen LogP contribution in [0, 0.1) is 3.57 Å². The average molecular weight is 341 g/mol. The van der Waals surface area contributed by atoms with E-state index in [0.29, 0.717) is 6.79 Å². The van der Waals surface area contributed by atoms with Crippen LogP contribution in [0.25, 0.3) is 0 Å². The molecule has 2 nitrogen and oxygen atoms in total. The molecule has 0 bridgehead atoms. The lowest BCUT2D eigenvalue weighted by atomic mass is 10.2. The molecule has 1 aromatic rings. The van der Waals surface area contributed by atoms with Gasteiger partial charge in [-0.3, -0.25) is 0 Å². The predicted molar refractivity (Wildman–Crippen MR) is 57.9 cm³/mol. The van der Waals surface area contributed by atoms with Crippen LogP contribution in [0.5, 0.6) is 11.5 Å². The zero-order valence-corrected chi connectivity index (χ0v) is 9.88. The summed E-state index contributed by atoms with van der Waals surface area (Å²) in [5.41, 5.74) is 1.17. The van der Waals surface area contributed by atoms with Crippen LogP contribution >= 0.6 is 38.5 Å². The molecule has 1 heterocycles. The van der Waals surface area contributed by atoms with E-state index in [1.165, 1.54) is 9.13 Å². The molecule has 0 amide bonds. The first kappa shape index (κ1) is 8.62. The van der Waals surface area contributed by atoms with Gasteiger partial charge >= 0.3 is 0 Å². The average Bonchev–Trinajstić information content (AvgIpc) is 2.52. The second-order valence-corrected chi connectivity index (χ2v) is 4.12. The minimum absolute atomic E-state index is 0.343. The van der Waals surface area contributed by atoms with Crippen LogP contribution in [0.1, 0.15) is 5.56 Å². The summed E-state index contributed by atoms with van der Waals surface area (Å²) in [5.74, 6) is 1.74. The van der Waals surface area contributed by atoms with Gasteiger partial charge in [0.15, 0.2) is 11.5 Å². The zero-order valence-electron chi connectivity index (χ0n) is 6.14. The molecule has 2 rings (SSSR count). The summed E-state index contributed by atoms with van der Waals surface area (Å²) < 4.78 is 11.8. The third kappa shape index (κ3) is 1.31. The van der Waals surface area contributed by atoms with Crippen molar-refractivity contribution < 1.29 is 9.47 Å². The lowest BCUT2D eigenvalue weighted by molar-refractivity contribution is 0.173. The van der Waals surface area contributed by atoms with Gasteiger partial charge in [0.2, 0.25) is 6.79 Å². The first-order chi connectivity index (χ1) is 5.83. The number of alkyl halides is 1. The molecular formula is C8H6BrIO2. The molecule has 0 saturated carbocycles. The van der Waals surface area contributed by atoms with Crippen LogP contribution in [0.2, 0.25) is 0 Å². The minimum atomic E-state index is 0.343. The Kier molecular flexibility index (Phi) is 2.45. The Bertz CT molecular complexity index is 314. The maximum atomic E-state index is 5.34. The van der Waals surface area contributed by atoms with E-state index in [4.69, 9.17) is 9.47 Å². The number of hydrogen-bond acceptors (Lipinski definition) is 2. The van der Waals surface area contributed by atoms with Gasteiger partial charge in [0.25, 0.3) is 0 Å². The lowest BCUT2D eigenvalue weighted by Crippen LogP contribution is -1.94. The Labute approximate surface area is 92.5 Å². The molecule has 0 unspecified atom stereocenters. The van der Waals surface area contributed by atoms with Crippen molar-refractivity contribution in [1.29, 1.82) is 0 Å². The van der Waals surface area contributed by atoms with Crippen molar-refractivity contribution in [1.82, 2.24) is 0 Å². The van der Waals surface area contributed by atoms with E-state index in [-0.39, 0.29) is 0 Å². The highest BCUT2D eigenvalue weighted by Gasteiger charge is 2.18. The van der Waals surface area contributed by atoms with Crippen LogP contribution in [0.4, 0.5) is 0 Å². The van der Waals surface area contributed by atoms with Crippen LogP contribution in [0.3, 0.4) is 0 Å². The topological polar surface area (TPSA) is 18.5 Å². The summed E-state index contributed by atoms with van der Waals surface area (Å²) in [5, 5.41) is 0.803. The summed E-state index contributed by atoms with van der Waals surface area (Å²) in [7, 11) is 0. The summed E-state index contributed by atoms with van der Waals surface area (Å²) in [6.07, 6.45) is 0. The van der Waals surface area contributed by atoms with E-state index < -0.39 is 0 Å². The predicted octanol–water partition coefficient (Wildman–Crippen LogP) is 2.91. The van der Waals surface area contributed by atoms with Gasteiger partial charge in [-0.1, -0.05) is 15.9 Å². The first-order valence-corrected chi connectivity index (χ1v) is 5.66. The van der Waals surface area contributed by atoms with Crippen LogP contribution < -0.4 is 9.47 Å². The molecule has 0 aliphatic carbocycles. The van der Waals surface area contributed by atoms with E-state index in [1.54, 1.807) is 0 Å². The number of fused-ring (bicyclic) bond motifs is 1. The molecule has 0 spiro atoms. The summed E-state index contributed by atoms with van der Waals surface area (Å²) in [4.78, 5) is 0. The number of hydrogen-bond donors (Lipinski definition) is 0. The van der Waals surface area contributed by atoms with Crippen molar-refractivity contribution in [3.63, 3.8) is 0 Å². The van der Waals surface area contributed by atoms with E-state index in [1.807, 2.05) is 12.1 Å². The quantitative estimate of drug-likeness (QED) is 0.578. The van der Waals surface area contributed by atoms with Crippen molar-refractivity contribution in [3.8, 4) is 11.5 Å². The van der Waals surface area contributed by atoms with Gasteiger partial charge < -0.3 is 9.47 Å². The Hall–Kier alpha value is 0.0300. The van der Waals surface area contributed by atoms with E-state index in [2.05, 4.69) is 38.5 Å². The summed E-state index contributed by atoms with van der Waals surface area (Å²) >= 11 is 5.71. The molecule has 1 aliphatic heterocycles. The van der Waals surface area contributed by atoms with Crippen molar-refractivity contribution in [2.45, 2.75) is 5.33 Å². The highest BCUT2D eigenvalue weighted by molar-refractivity contribution is 14.1. The van der Waals surface area contributed by atoms with Crippen LogP contribution in [0.15, 0.2) is 12.1 Å². The van der Waals surface area contributed by atoms with Gasteiger partial charge in [-0.15, -0.1) is 0 Å². The number of halogens is 2. The van der Waals surface area contributed by atoms with Crippen molar-refractivity contribution in [2.24, 2.45) is 0 Å². The molecule has 1 aliphatic rings. The Morgan fingerprint density at radius 1 is 1.42 bits per heavy atom. The third-order valence-corrected chi connectivity index (χ3v) is 3.29. The molecule has 0 N–H and O–H groups in total. The Balaban J connectivity index is 2.57. The van der Waals surface area contributed by atoms with Gasteiger partial charge in [-0.2, -0.15) is 0 Å². The van der Waals surface area contributed by atoms with Crippen molar-refractivity contribution >= 4 is 38.5 Å². The zero-order chi connectivity index (χ0) is 8.55. The standard InChI is InChI=1S/C8H6BrIO2/c9-3-5-6(10)1-2-7-8(5)12-4-11-7/h1-2H,3-4H2. The van der Waals surface area contributed by atoms with E-state index in [0.717, 1.165) is 16.8 Å². The normalized spacial score (nSPS) is 13.5. The van der Waals surface area contributed by atoms with Gasteiger partial charge in [0.1, 0.15) is 0 Å². The highest BCUT2D eigenvalue weighted by atomic mass is 127. The SMILES string of the molecule is BrCc1c(I)ccc2c1OCO2. The first-order valence-electron chi connectivity index (χ1n) is 3.46. The van der Waals surface area contributed by atoms with Crippen molar-refractivity contribution in [3.05, 3.63) is 21.3 Å². The second kappa shape index (κ2) is 3.41. The van der Waals surface area contributed by atoms with E-state index in [9.17, 15) is 0 Å². The van der Waals surface area contributed by atoms with Gasteiger partial charge in [0, 0.05) is 14.5 Å². The van der Waals surface area contributed by atoms with Gasteiger partial charge in [0.05, 0.1) is 0 Å². The highest BCUT2D eigenvalue weighted by Crippen LogP contribution is 2.38. The van der Waals surface area contributed by atoms with Crippen LogP contribution in [-0.4, -0.2) is 6.79 Å². The maximum Gasteiger partial charge on any atom is 0.231 e. The Morgan fingerprint density at radius 2 is 2.25 bits per heavy atom. The smallest absolute Gasteiger partial charge is 0.231 e. The van der Waals surface area contributed by atoms with E-state index >= 15 is 0 Å². The molecule has 12 heavy (non-hydrogen) atoms. The monoisotopic (exact) mass is 340 g/mol. The number of ether oxygens (including phenoxy) is 2. The molecular weight excluding hydrogens is 335 g/mol. The molecule has 1 aromatic carbocycles. The minimum Gasteiger partial charge on any atom is -0.454 e. The Morgan fingerprint density at radius 3 is 3.00 bits per heavy atom.